The Hall–Kier alpha value is -1.85. The highest BCUT2D eigenvalue weighted by Crippen LogP contribution is 2.70. The van der Waals surface area contributed by atoms with E-state index in [0.29, 0.717) is 38.5 Å². The van der Waals surface area contributed by atoms with E-state index in [1.54, 1.807) is 0 Å². The average molecular weight is 1570 g/mol. The van der Waals surface area contributed by atoms with E-state index in [0.717, 1.165) is 12.8 Å². The molecule has 8 aliphatic heterocycles. The third-order valence-corrected chi connectivity index (χ3v) is 26.3. The summed E-state index contributed by atoms with van der Waals surface area (Å²) in [6.45, 7) is 3.71. The second-order valence-corrected chi connectivity index (χ2v) is 32.5. The first-order valence-electron chi connectivity index (χ1n) is 37.7. The third kappa shape index (κ3) is 15.8. The van der Waals surface area contributed by atoms with Crippen LogP contribution in [0.15, 0.2) is 0 Å². The van der Waals surface area contributed by atoms with Gasteiger partial charge in [-0.05, 0) is 86.9 Å². The van der Waals surface area contributed by atoms with Crippen molar-refractivity contribution < 1.29 is 193 Å². The molecule has 108 heavy (non-hydrogen) atoms. The number of ketones is 1. The van der Waals surface area contributed by atoms with Gasteiger partial charge in [-0.3, -0.25) is 4.79 Å². The van der Waals surface area contributed by atoms with Gasteiger partial charge in [0.15, 0.2) is 49.8 Å². The highest BCUT2D eigenvalue weighted by molar-refractivity contribution is 5.87. The van der Waals surface area contributed by atoms with Crippen LogP contribution in [0.4, 0.5) is 0 Å². The maximum Gasteiger partial charge on any atom is 0.187 e. The molecule has 0 spiro atoms. The molecule has 47 atom stereocenters. The van der Waals surface area contributed by atoms with Crippen molar-refractivity contribution in [2.45, 2.75) is 325 Å². The van der Waals surface area contributed by atoms with Gasteiger partial charge in [-0.15, -0.1) is 0 Å². The van der Waals surface area contributed by atoms with Gasteiger partial charge in [0, 0.05) is 30.1 Å². The third-order valence-electron chi connectivity index (χ3n) is 26.3. The molecule has 0 amide bonds. The lowest BCUT2D eigenvalue weighted by Crippen LogP contribution is -2.69. The van der Waals surface area contributed by atoms with E-state index in [1.165, 1.54) is 6.92 Å². The molecular weight excluding hydrogens is 1450 g/mol. The summed E-state index contributed by atoms with van der Waals surface area (Å²) in [5.74, 6) is -2.26. The van der Waals surface area contributed by atoms with Crippen LogP contribution in [-0.2, 0) is 75.8 Å². The van der Waals surface area contributed by atoms with Gasteiger partial charge in [-0.2, -0.15) is 0 Å². The molecule has 23 N–H and O–H groups in total. The molecule has 8 saturated heterocycles. The van der Waals surface area contributed by atoms with Crippen LogP contribution in [-0.4, -0.2) is 402 Å². The number of aliphatic hydroxyl groups excluding tert-OH is 22. The maximum atomic E-state index is 15.0. The zero-order chi connectivity index (χ0) is 78.4. The van der Waals surface area contributed by atoms with Gasteiger partial charge in [-0.25, -0.2) is 0 Å². The molecule has 0 bridgehead atoms. The minimum Gasteiger partial charge on any atom is -0.394 e. The molecule has 0 radical (unpaired) electrons. The van der Waals surface area contributed by atoms with Crippen molar-refractivity contribution in [2.75, 3.05) is 46.2 Å². The number of Topliss-reactive ketones (excluding diaryl/α,β-unsaturated/α-hetero) is 1. The molecule has 624 valence electrons. The van der Waals surface area contributed by atoms with Crippen molar-refractivity contribution >= 4 is 5.78 Å². The van der Waals surface area contributed by atoms with Gasteiger partial charge in [0.05, 0.1) is 64.6 Å². The minimum atomic E-state index is -2.32. The predicted molar refractivity (Wildman–Crippen MR) is 348 cm³/mol. The van der Waals surface area contributed by atoms with E-state index in [9.17, 15) is 117 Å². The van der Waals surface area contributed by atoms with Gasteiger partial charge in [0.1, 0.15) is 171 Å². The lowest BCUT2D eigenvalue weighted by atomic mass is 9.44. The summed E-state index contributed by atoms with van der Waals surface area (Å²) in [6.07, 6.45) is -62.1. The molecule has 0 aromatic carbocycles. The number of rotatable bonds is 24. The Kier molecular flexibility index (Phi) is 27.2. The average Bonchev–Trinajstić information content (AvgIpc) is 1.51. The molecule has 39 nitrogen and oxygen atoms in total. The molecule has 39 heteroatoms. The normalized spacial score (nSPS) is 55.1. The Balaban J connectivity index is 0.724. The highest BCUT2D eigenvalue weighted by atomic mass is 16.8. The summed E-state index contributed by atoms with van der Waals surface area (Å²) in [7, 11) is 0. The molecule has 12 rings (SSSR count). The number of hydrogen-bond donors (Lipinski definition) is 23. The number of carbonyl (C=O) groups is 1. The Morgan fingerprint density at radius 2 is 0.870 bits per heavy atom. The first kappa shape index (κ1) is 85.5. The Bertz CT molecular complexity index is 2910. The topological polar surface area (TPSA) is 621 Å². The SMILES string of the molecule is C[C@H](CC[C@]1(O)O[C@H]2C[C@H]3[C@@H]4CC[C@H]5C[C@H](O[C@@H]6O[C@H](CO)[C@H](O[C@@H]7O[C@H](CO)[C@@H](O)[C@H](O[C@@H]8O[C@H](CO)[C@@H](O[C@@H]9O[C@@H](C)[C@H](O)[C@@H](O)[C@H]9O)[C@H](O)[C@H]8O)[C@H]7O[C@@H]7O[C@H](CO)[C@@H](O)[C@H](O[C@@H]8O[C@H](CO)[C@@H](O)[C@H](O)[C@H]8O)[C@H]7O)[C@H](O)[C@H]6O)CC[C@]5(C)[C@H]4CC(=O)[C@]3(C)[C@H]2[C@@H]1C)CO[C@@H]1O[C@H](CO)[C@@H](O)[C@H](O)[C@H]1O. The van der Waals surface area contributed by atoms with Crippen LogP contribution >= 0.6 is 0 Å². The zero-order valence-corrected chi connectivity index (χ0v) is 60.5. The van der Waals surface area contributed by atoms with Crippen LogP contribution in [0.2, 0.25) is 0 Å². The van der Waals surface area contributed by atoms with Crippen molar-refractivity contribution in [1.29, 1.82) is 0 Å². The summed E-state index contributed by atoms with van der Waals surface area (Å²) in [5, 5.41) is 252. The fourth-order valence-corrected chi connectivity index (χ4v) is 19.7. The first-order valence-corrected chi connectivity index (χ1v) is 37.7. The van der Waals surface area contributed by atoms with Crippen molar-refractivity contribution in [3.05, 3.63) is 0 Å². The molecule has 4 saturated carbocycles. The second kappa shape index (κ2) is 34.4. The van der Waals surface area contributed by atoms with Gasteiger partial charge in [0.2, 0.25) is 0 Å². The fourth-order valence-electron chi connectivity index (χ4n) is 19.7. The molecule has 12 fully saturated rings. The quantitative estimate of drug-likeness (QED) is 0.0399. The number of hydrogen-bond acceptors (Lipinski definition) is 39. The van der Waals surface area contributed by atoms with Crippen LogP contribution < -0.4 is 0 Å². The van der Waals surface area contributed by atoms with Crippen LogP contribution in [0.1, 0.15) is 92.4 Å². The Morgan fingerprint density at radius 3 is 1.44 bits per heavy atom. The molecule has 12 aliphatic rings. The van der Waals surface area contributed by atoms with Gasteiger partial charge < -0.3 is 189 Å². The lowest BCUT2D eigenvalue weighted by Gasteiger charge is -2.60. The molecule has 0 unspecified atom stereocenters. The lowest BCUT2D eigenvalue weighted by molar-refractivity contribution is -0.414. The van der Waals surface area contributed by atoms with Crippen molar-refractivity contribution in [3.8, 4) is 0 Å². The van der Waals surface area contributed by atoms with E-state index in [1.807, 2.05) is 20.8 Å². The summed E-state index contributed by atoms with van der Waals surface area (Å²) in [5.41, 5.74) is -1.15. The fraction of sp³-hybridized carbons (Fsp3) is 0.986. The van der Waals surface area contributed by atoms with E-state index >= 15 is 4.79 Å². The van der Waals surface area contributed by atoms with Gasteiger partial charge in [0.25, 0.3) is 0 Å². The molecular formula is C69H114O39. The van der Waals surface area contributed by atoms with E-state index in [4.69, 9.17) is 71.1 Å². The highest BCUT2D eigenvalue weighted by Gasteiger charge is 2.72. The molecule has 0 aromatic heterocycles. The number of fused-ring (bicyclic) bond motifs is 7. The smallest absolute Gasteiger partial charge is 0.187 e. The van der Waals surface area contributed by atoms with E-state index < -0.39 is 284 Å². The van der Waals surface area contributed by atoms with E-state index in [2.05, 4.69) is 6.92 Å². The Labute approximate surface area is 621 Å². The van der Waals surface area contributed by atoms with Gasteiger partial charge in [-0.1, -0.05) is 27.7 Å². The maximum absolute atomic E-state index is 15.0. The largest absolute Gasteiger partial charge is 0.394 e. The Morgan fingerprint density at radius 1 is 0.435 bits per heavy atom. The number of ether oxygens (including phenoxy) is 15. The standard InChI is InChI=1S/C69H114O39/c1-22(21-94-60-49(87)45(83)40(78)31(15-70)97-60)8-11-69(93)23(2)38-30(108-69)13-29-27-7-6-25-12-26(9-10-67(25,4)28(27)14-37(76)68(29,38)5)96-62-52(90)47(85)56(36(20-75)101-62)104-66-59(107-65-54(92)57(42(80)33(17-72)99-65)105-63-51(89)46(84)41(79)32(16-71)98-63)58(43(81)34(18-73)100-66)106-64-53(91)48(86)55(35(19-74)102-64)103-61-50(88)44(82)39(77)24(3)95-61/h22-36,38-66,70-75,77-93H,6-21H2,1-5H3/t22-,23+,24+,25+,26-,27-,28+,29+,30+,31-,32-,33-,34-,35-,36-,38+,39+,40-,41-,42-,43-,44-,45+,46+,47-,48-,49-,50-,51-,52-,53-,54-,55-,56+,57+,58+,59-,60-,61+,62-,63+,64+,65+,66+,67+,68-,69+/m1/s1. The summed E-state index contributed by atoms with van der Waals surface area (Å²) >= 11 is 0. The van der Waals surface area contributed by atoms with Crippen LogP contribution in [0.5, 0.6) is 0 Å². The first-order chi connectivity index (χ1) is 51.1. The van der Waals surface area contributed by atoms with Crippen LogP contribution in [0.3, 0.4) is 0 Å². The van der Waals surface area contributed by atoms with Crippen LogP contribution in [0, 0.1) is 52.3 Å². The second-order valence-electron chi connectivity index (χ2n) is 32.5. The van der Waals surface area contributed by atoms with Crippen molar-refractivity contribution in [2.24, 2.45) is 52.3 Å². The zero-order valence-electron chi connectivity index (χ0n) is 60.5. The molecule has 8 heterocycles. The number of aliphatic hydroxyl groups is 23. The predicted octanol–water partition coefficient (Wildman–Crippen LogP) is -10.3. The van der Waals surface area contributed by atoms with Gasteiger partial charge >= 0.3 is 0 Å². The minimum absolute atomic E-state index is 0.00741. The van der Waals surface area contributed by atoms with Crippen molar-refractivity contribution in [1.82, 2.24) is 0 Å². The summed E-state index contributed by atoms with van der Waals surface area (Å²) in [6, 6.07) is 0. The summed E-state index contributed by atoms with van der Waals surface area (Å²) < 4.78 is 89.9. The van der Waals surface area contributed by atoms with Crippen LogP contribution in [0.25, 0.3) is 0 Å². The van der Waals surface area contributed by atoms with Crippen molar-refractivity contribution in [3.63, 3.8) is 0 Å². The molecule has 0 aromatic rings. The monoisotopic (exact) mass is 1570 g/mol. The molecule has 4 aliphatic carbocycles. The summed E-state index contributed by atoms with van der Waals surface area (Å²) in [4.78, 5) is 15.0. The van der Waals surface area contributed by atoms with E-state index in [-0.39, 0.29) is 59.7 Å². The number of carbonyl (C=O) groups excluding carboxylic acids is 1.